The summed E-state index contributed by atoms with van der Waals surface area (Å²) in [4.78, 5) is 12.0. The Morgan fingerprint density at radius 1 is 1.71 bits per heavy atom. The predicted octanol–water partition coefficient (Wildman–Crippen LogP) is 0.442. The summed E-state index contributed by atoms with van der Waals surface area (Å²) in [6.07, 6.45) is 5.79. The van der Waals surface area contributed by atoms with Crippen LogP contribution in [0.5, 0.6) is 0 Å². The molecular formula is C11H19N5O. The molecule has 94 valence electrons. The minimum absolute atomic E-state index is 0.196. The maximum absolute atomic E-state index is 12.0. The molecule has 6 nitrogen and oxygen atoms in total. The largest absolute Gasteiger partial charge is 0.344 e. The van der Waals surface area contributed by atoms with Gasteiger partial charge in [0.25, 0.3) is 5.91 Å². The van der Waals surface area contributed by atoms with Gasteiger partial charge in [0.05, 0.1) is 11.7 Å². The molecule has 0 bridgehead atoms. The second-order valence-corrected chi connectivity index (χ2v) is 4.82. The zero-order chi connectivity index (χ0) is 12.3. The third-order valence-electron chi connectivity index (χ3n) is 3.83. The zero-order valence-electron chi connectivity index (χ0n) is 10.1. The Hall–Kier alpha value is -1.43. The highest BCUT2D eigenvalue weighted by molar-refractivity contribution is 5.92. The summed E-state index contributed by atoms with van der Waals surface area (Å²) in [6.45, 7) is 2.62. The molecule has 4 N–H and O–H groups in total. The van der Waals surface area contributed by atoms with Crippen LogP contribution in [0.1, 0.15) is 43.1 Å². The van der Waals surface area contributed by atoms with Gasteiger partial charge in [-0.2, -0.15) is 15.4 Å². The lowest BCUT2D eigenvalue weighted by atomic mass is 9.73. The molecule has 1 saturated carbocycles. The number of aromatic nitrogens is 3. The zero-order valence-corrected chi connectivity index (χ0v) is 10.1. The Labute approximate surface area is 100 Å². The van der Waals surface area contributed by atoms with E-state index in [0.29, 0.717) is 18.2 Å². The SMILES string of the molecule is CC1CCCCC1(CN)NC(=O)c1cn[nH]n1. The van der Waals surface area contributed by atoms with Crippen molar-refractivity contribution in [3.8, 4) is 0 Å². The third kappa shape index (κ3) is 2.31. The summed E-state index contributed by atoms with van der Waals surface area (Å²) in [5.74, 6) is 0.204. The molecule has 6 heteroatoms. The molecule has 1 heterocycles. The number of carbonyl (C=O) groups is 1. The van der Waals surface area contributed by atoms with Crippen molar-refractivity contribution in [2.24, 2.45) is 11.7 Å². The molecule has 0 spiro atoms. The maximum Gasteiger partial charge on any atom is 0.273 e. The first-order chi connectivity index (χ1) is 8.18. The predicted molar refractivity (Wildman–Crippen MR) is 63.3 cm³/mol. The summed E-state index contributed by atoms with van der Waals surface area (Å²) in [5, 5.41) is 12.9. The smallest absolute Gasteiger partial charge is 0.273 e. The van der Waals surface area contributed by atoms with Crippen LogP contribution in [-0.4, -0.2) is 33.4 Å². The van der Waals surface area contributed by atoms with Gasteiger partial charge in [-0.05, 0) is 18.8 Å². The highest BCUT2D eigenvalue weighted by Gasteiger charge is 2.38. The fraction of sp³-hybridized carbons (Fsp3) is 0.727. The molecule has 1 aromatic heterocycles. The molecule has 2 atom stereocenters. The molecule has 2 rings (SSSR count). The van der Waals surface area contributed by atoms with Gasteiger partial charge in [0.1, 0.15) is 0 Å². The van der Waals surface area contributed by atoms with Gasteiger partial charge >= 0.3 is 0 Å². The van der Waals surface area contributed by atoms with E-state index >= 15 is 0 Å². The number of H-pyrrole nitrogens is 1. The molecule has 0 aliphatic heterocycles. The average Bonchev–Trinajstić information content (AvgIpc) is 2.86. The van der Waals surface area contributed by atoms with Crippen LogP contribution in [0.15, 0.2) is 6.20 Å². The molecule has 0 radical (unpaired) electrons. The summed E-state index contributed by atoms with van der Waals surface area (Å²) in [6, 6.07) is 0. The number of nitrogens with zero attached hydrogens (tertiary/aromatic N) is 2. The third-order valence-corrected chi connectivity index (χ3v) is 3.83. The van der Waals surface area contributed by atoms with Crippen LogP contribution in [0.2, 0.25) is 0 Å². The molecule has 2 unspecified atom stereocenters. The number of hydrogen-bond donors (Lipinski definition) is 3. The van der Waals surface area contributed by atoms with E-state index in [4.69, 9.17) is 5.73 Å². The fourth-order valence-corrected chi connectivity index (χ4v) is 2.55. The quantitative estimate of drug-likeness (QED) is 0.710. The van der Waals surface area contributed by atoms with Gasteiger partial charge in [-0.15, -0.1) is 0 Å². The van der Waals surface area contributed by atoms with Crippen molar-refractivity contribution in [1.82, 2.24) is 20.7 Å². The monoisotopic (exact) mass is 237 g/mol. The van der Waals surface area contributed by atoms with Gasteiger partial charge < -0.3 is 11.1 Å². The van der Waals surface area contributed by atoms with E-state index < -0.39 is 0 Å². The normalized spacial score (nSPS) is 28.9. The average molecular weight is 237 g/mol. The van der Waals surface area contributed by atoms with E-state index in [1.807, 2.05) is 0 Å². The molecule has 1 fully saturated rings. The minimum Gasteiger partial charge on any atom is -0.344 e. The van der Waals surface area contributed by atoms with E-state index in [9.17, 15) is 4.79 Å². The fourth-order valence-electron chi connectivity index (χ4n) is 2.55. The summed E-state index contributed by atoms with van der Waals surface area (Å²) in [5.41, 5.74) is 5.90. The molecule has 0 aromatic carbocycles. The molecule has 1 aliphatic carbocycles. The second-order valence-electron chi connectivity index (χ2n) is 4.82. The van der Waals surface area contributed by atoms with Crippen LogP contribution in [0.4, 0.5) is 0 Å². The lowest BCUT2D eigenvalue weighted by Gasteiger charge is -2.42. The van der Waals surface area contributed by atoms with Crippen molar-refractivity contribution < 1.29 is 4.79 Å². The summed E-state index contributed by atoms with van der Waals surface area (Å²) >= 11 is 0. The van der Waals surface area contributed by atoms with Crippen LogP contribution < -0.4 is 11.1 Å². The first-order valence-electron chi connectivity index (χ1n) is 6.06. The lowest BCUT2D eigenvalue weighted by molar-refractivity contribution is 0.0807. The van der Waals surface area contributed by atoms with Crippen LogP contribution in [0.25, 0.3) is 0 Å². The number of amides is 1. The van der Waals surface area contributed by atoms with E-state index in [1.54, 1.807) is 0 Å². The van der Waals surface area contributed by atoms with Crippen molar-refractivity contribution in [2.75, 3.05) is 6.54 Å². The molecule has 17 heavy (non-hydrogen) atoms. The van der Waals surface area contributed by atoms with Gasteiger partial charge in [0, 0.05) is 6.54 Å². The van der Waals surface area contributed by atoms with Gasteiger partial charge in [-0.1, -0.05) is 19.8 Å². The Kier molecular flexibility index (Phi) is 3.42. The molecular weight excluding hydrogens is 218 g/mol. The van der Waals surface area contributed by atoms with Crippen LogP contribution in [0.3, 0.4) is 0 Å². The van der Waals surface area contributed by atoms with E-state index in [1.165, 1.54) is 12.6 Å². The number of nitrogens with two attached hydrogens (primary N) is 1. The van der Waals surface area contributed by atoms with Crippen molar-refractivity contribution in [1.29, 1.82) is 0 Å². The standard InChI is InChI=1S/C11H19N5O/c1-8-4-2-3-5-11(8,7-12)14-10(17)9-6-13-16-15-9/h6,8H,2-5,7,12H2,1H3,(H,14,17)(H,13,15,16). The number of carbonyl (C=O) groups excluding carboxylic acids is 1. The second kappa shape index (κ2) is 4.83. The van der Waals surface area contributed by atoms with Crippen molar-refractivity contribution >= 4 is 5.91 Å². The van der Waals surface area contributed by atoms with E-state index in [0.717, 1.165) is 19.3 Å². The van der Waals surface area contributed by atoms with E-state index in [-0.39, 0.29) is 11.4 Å². The van der Waals surface area contributed by atoms with Crippen molar-refractivity contribution in [3.63, 3.8) is 0 Å². The Balaban J connectivity index is 2.11. The molecule has 1 aliphatic rings. The first-order valence-corrected chi connectivity index (χ1v) is 6.06. The summed E-state index contributed by atoms with van der Waals surface area (Å²) in [7, 11) is 0. The van der Waals surface area contributed by atoms with Crippen LogP contribution >= 0.6 is 0 Å². The van der Waals surface area contributed by atoms with E-state index in [2.05, 4.69) is 27.7 Å². The first kappa shape index (κ1) is 12.0. The highest BCUT2D eigenvalue weighted by Crippen LogP contribution is 2.32. The Morgan fingerprint density at radius 2 is 2.53 bits per heavy atom. The Bertz CT molecular complexity index is 377. The number of rotatable bonds is 3. The van der Waals surface area contributed by atoms with Crippen LogP contribution in [0, 0.1) is 5.92 Å². The Morgan fingerprint density at radius 3 is 3.12 bits per heavy atom. The minimum atomic E-state index is -0.283. The molecule has 0 saturated heterocycles. The van der Waals surface area contributed by atoms with Gasteiger partial charge in [-0.3, -0.25) is 4.79 Å². The van der Waals surface area contributed by atoms with Gasteiger partial charge in [-0.25, -0.2) is 0 Å². The highest BCUT2D eigenvalue weighted by atomic mass is 16.2. The molecule has 1 amide bonds. The van der Waals surface area contributed by atoms with Gasteiger partial charge in [0.15, 0.2) is 5.69 Å². The van der Waals surface area contributed by atoms with Crippen LogP contribution in [-0.2, 0) is 0 Å². The van der Waals surface area contributed by atoms with Crippen molar-refractivity contribution in [3.05, 3.63) is 11.9 Å². The lowest BCUT2D eigenvalue weighted by Crippen LogP contribution is -2.59. The summed E-state index contributed by atoms with van der Waals surface area (Å²) < 4.78 is 0. The number of nitrogens with one attached hydrogen (secondary N) is 2. The van der Waals surface area contributed by atoms with Gasteiger partial charge in [0.2, 0.25) is 0 Å². The molecule has 1 aromatic rings. The van der Waals surface area contributed by atoms with Crippen molar-refractivity contribution in [2.45, 2.75) is 38.1 Å². The maximum atomic E-state index is 12.0. The topological polar surface area (TPSA) is 96.7 Å². The number of aromatic amines is 1. The number of hydrogen-bond acceptors (Lipinski definition) is 4.